The van der Waals surface area contributed by atoms with Crippen LogP contribution in [0.25, 0.3) is 0 Å². The minimum absolute atomic E-state index is 0.388. The second-order valence-electron chi connectivity index (χ2n) is 7.73. The topological polar surface area (TPSA) is 91.0 Å². The highest BCUT2D eigenvalue weighted by atomic mass is 16.5. The summed E-state index contributed by atoms with van der Waals surface area (Å²) in [5.74, 6) is -0.405. The van der Waals surface area contributed by atoms with Gasteiger partial charge in [0, 0.05) is 6.54 Å². The van der Waals surface area contributed by atoms with Gasteiger partial charge in [0.25, 0.3) is 5.91 Å². The van der Waals surface area contributed by atoms with Crippen LogP contribution in [0.4, 0.5) is 10.5 Å². The van der Waals surface area contributed by atoms with E-state index in [0.29, 0.717) is 23.6 Å². The highest BCUT2D eigenvalue weighted by Crippen LogP contribution is 2.29. The van der Waals surface area contributed by atoms with Gasteiger partial charge in [-0.05, 0) is 37.7 Å². The second kappa shape index (κ2) is 10.3. The van der Waals surface area contributed by atoms with Crippen LogP contribution in [0.2, 0.25) is 0 Å². The van der Waals surface area contributed by atoms with Gasteiger partial charge in [-0.15, -0.1) is 0 Å². The molecular weight excluding hydrogens is 408 g/mol. The largest absolute Gasteiger partial charge is 0.490 e. The average Bonchev–Trinajstić information content (AvgIpc) is 3.02. The summed E-state index contributed by atoms with van der Waals surface area (Å²) in [6.45, 7) is 8.57. The molecule has 8 heteroatoms. The van der Waals surface area contributed by atoms with E-state index in [-0.39, 0.29) is 6.54 Å². The highest BCUT2D eigenvalue weighted by Gasteiger charge is 2.49. The lowest BCUT2D eigenvalue weighted by Crippen LogP contribution is -2.42. The minimum atomic E-state index is -1.20. The third-order valence-corrected chi connectivity index (χ3v) is 5.65. The summed E-state index contributed by atoms with van der Waals surface area (Å²) >= 11 is 0. The molecule has 0 bridgehead atoms. The van der Waals surface area contributed by atoms with Crippen LogP contribution in [0.1, 0.15) is 26.3 Å². The Balaban J connectivity index is 1.64. The van der Waals surface area contributed by atoms with Crippen LogP contribution in [0.15, 0.2) is 54.6 Å². The molecule has 4 amide bonds. The van der Waals surface area contributed by atoms with Crippen molar-refractivity contribution in [3.63, 3.8) is 0 Å². The number of para-hydroxylation sites is 2. The SMILES string of the molecule is CCN(CC)CCOc1ccccc1NC(=O)CN1C(=O)NC(C)(c2ccccc2)C1=O. The van der Waals surface area contributed by atoms with Crippen molar-refractivity contribution >= 4 is 23.5 Å². The minimum Gasteiger partial charge on any atom is -0.490 e. The van der Waals surface area contributed by atoms with E-state index in [0.717, 1.165) is 24.5 Å². The summed E-state index contributed by atoms with van der Waals surface area (Å²) in [7, 11) is 0. The van der Waals surface area contributed by atoms with E-state index in [1.165, 1.54) is 0 Å². The normalized spacial score (nSPS) is 18.1. The summed E-state index contributed by atoms with van der Waals surface area (Å²) in [4.78, 5) is 41.3. The molecule has 8 nitrogen and oxygen atoms in total. The first-order valence-corrected chi connectivity index (χ1v) is 10.8. The Morgan fingerprint density at radius 1 is 1.06 bits per heavy atom. The van der Waals surface area contributed by atoms with Gasteiger partial charge in [-0.25, -0.2) is 4.79 Å². The second-order valence-corrected chi connectivity index (χ2v) is 7.73. The summed E-state index contributed by atoms with van der Waals surface area (Å²) in [6, 6.07) is 15.5. The molecule has 0 aliphatic carbocycles. The number of ether oxygens (including phenoxy) is 1. The van der Waals surface area contributed by atoms with E-state index >= 15 is 0 Å². The maximum atomic E-state index is 13.0. The van der Waals surface area contributed by atoms with Crippen molar-refractivity contribution in [1.29, 1.82) is 0 Å². The summed E-state index contributed by atoms with van der Waals surface area (Å²) in [5, 5.41) is 5.46. The van der Waals surface area contributed by atoms with Crippen LogP contribution in [-0.4, -0.2) is 60.4 Å². The monoisotopic (exact) mass is 438 g/mol. The van der Waals surface area contributed by atoms with Gasteiger partial charge in [0.15, 0.2) is 0 Å². The van der Waals surface area contributed by atoms with Crippen molar-refractivity contribution in [2.24, 2.45) is 0 Å². The fourth-order valence-electron chi connectivity index (χ4n) is 3.66. The third-order valence-electron chi connectivity index (χ3n) is 5.65. The molecule has 0 spiro atoms. The lowest BCUT2D eigenvalue weighted by molar-refractivity contribution is -0.133. The van der Waals surface area contributed by atoms with E-state index < -0.39 is 23.4 Å². The molecule has 3 rings (SSSR count). The molecule has 1 unspecified atom stereocenters. The zero-order valence-electron chi connectivity index (χ0n) is 18.8. The van der Waals surface area contributed by atoms with Gasteiger partial charge < -0.3 is 20.3 Å². The van der Waals surface area contributed by atoms with Gasteiger partial charge in [-0.3, -0.25) is 14.5 Å². The molecule has 1 heterocycles. The summed E-state index contributed by atoms with van der Waals surface area (Å²) in [6.07, 6.45) is 0. The number of nitrogens with one attached hydrogen (secondary N) is 2. The lowest BCUT2D eigenvalue weighted by Gasteiger charge is -2.22. The van der Waals surface area contributed by atoms with E-state index in [2.05, 4.69) is 29.4 Å². The standard InChI is InChI=1S/C24H30N4O4/c1-4-27(5-2)15-16-32-20-14-10-9-13-19(20)25-21(29)17-28-22(30)24(3,26-23(28)31)18-11-7-6-8-12-18/h6-14H,4-5,15-17H2,1-3H3,(H,25,29)(H,26,31). The molecule has 1 saturated heterocycles. The molecule has 1 atom stereocenters. The van der Waals surface area contributed by atoms with E-state index in [1.54, 1.807) is 49.4 Å². The smallest absolute Gasteiger partial charge is 0.325 e. The molecule has 1 aliphatic heterocycles. The number of benzene rings is 2. The zero-order valence-corrected chi connectivity index (χ0v) is 18.8. The molecule has 0 saturated carbocycles. The van der Waals surface area contributed by atoms with Crippen molar-refractivity contribution in [2.45, 2.75) is 26.3 Å². The number of hydrogen-bond acceptors (Lipinski definition) is 5. The Bertz CT molecular complexity index is 961. The fraction of sp³-hybridized carbons (Fsp3) is 0.375. The quantitative estimate of drug-likeness (QED) is 0.557. The number of likely N-dealkylation sites (N-methyl/N-ethyl adjacent to an activating group) is 1. The van der Waals surface area contributed by atoms with Crippen molar-refractivity contribution in [2.75, 3.05) is 38.1 Å². The molecule has 1 aliphatic rings. The first kappa shape index (κ1) is 23.3. The Kier molecular flexibility index (Phi) is 7.48. The third kappa shape index (κ3) is 5.08. The Morgan fingerprint density at radius 3 is 2.41 bits per heavy atom. The summed E-state index contributed by atoms with van der Waals surface area (Å²) < 4.78 is 5.86. The molecule has 32 heavy (non-hydrogen) atoms. The maximum absolute atomic E-state index is 13.0. The van der Waals surface area contributed by atoms with Gasteiger partial charge in [0.05, 0.1) is 5.69 Å². The van der Waals surface area contributed by atoms with Crippen LogP contribution in [0.5, 0.6) is 5.75 Å². The van der Waals surface area contributed by atoms with Gasteiger partial charge in [-0.1, -0.05) is 56.3 Å². The first-order valence-electron chi connectivity index (χ1n) is 10.8. The highest BCUT2D eigenvalue weighted by molar-refractivity contribution is 6.10. The molecule has 0 aromatic heterocycles. The predicted octanol–water partition coefficient (Wildman–Crippen LogP) is 2.81. The average molecular weight is 439 g/mol. The summed E-state index contributed by atoms with van der Waals surface area (Å²) in [5.41, 5.74) is -0.0486. The van der Waals surface area contributed by atoms with Gasteiger partial charge in [0.2, 0.25) is 5.91 Å². The Hall–Kier alpha value is -3.39. The molecule has 2 N–H and O–H groups in total. The number of amides is 4. The number of nitrogens with zero attached hydrogens (tertiary/aromatic N) is 2. The van der Waals surface area contributed by atoms with Crippen LogP contribution in [0.3, 0.4) is 0 Å². The Labute approximate surface area is 188 Å². The maximum Gasteiger partial charge on any atom is 0.325 e. The fourth-order valence-corrected chi connectivity index (χ4v) is 3.66. The van der Waals surface area contributed by atoms with Crippen LogP contribution < -0.4 is 15.4 Å². The number of carbonyl (C=O) groups is 3. The van der Waals surface area contributed by atoms with Crippen molar-refractivity contribution in [3.8, 4) is 5.75 Å². The van der Waals surface area contributed by atoms with Gasteiger partial charge >= 0.3 is 6.03 Å². The predicted molar refractivity (Wildman–Crippen MR) is 122 cm³/mol. The molecule has 2 aromatic carbocycles. The van der Waals surface area contributed by atoms with E-state index in [4.69, 9.17) is 4.74 Å². The molecule has 0 radical (unpaired) electrons. The van der Waals surface area contributed by atoms with E-state index in [9.17, 15) is 14.4 Å². The number of carbonyl (C=O) groups excluding carboxylic acids is 3. The van der Waals surface area contributed by atoms with Crippen LogP contribution in [0, 0.1) is 0 Å². The number of hydrogen-bond donors (Lipinski definition) is 2. The number of rotatable bonds is 10. The van der Waals surface area contributed by atoms with Crippen LogP contribution in [-0.2, 0) is 15.1 Å². The van der Waals surface area contributed by atoms with Gasteiger partial charge in [0.1, 0.15) is 24.4 Å². The lowest BCUT2D eigenvalue weighted by atomic mass is 9.92. The van der Waals surface area contributed by atoms with Crippen molar-refractivity contribution in [1.82, 2.24) is 15.1 Å². The van der Waals surface area contributed by atoms with E-state index in [1.807, 2.05) is 12.1 Å². The molecule has 170 valence electrons. The first-order chi connectivity index (χ1) is 15.4. The molecular formula is C24H30N4O4. The molecule has 2 aromatic rings. The number of imide groups is 1. The van der Waals surface area contributed by atoms with Crippen LogP contribution >= 0.6 is 0 Å². The number of urea groups is 1. The Morgan fingerprint density at radius 2 is 1.72 bits per heavy atom. The van der Waals surface area contributed by atoms with Crippen molar-refractivity contribution < 1.29 is 19.1 Å². The van der Waals surface area contributed by atoms with Gasteiger partial charge in [-0.2, -0.15) is 0 Å². The molecule has 1 fully saturated rings. The van der Waals surface area contributed by atoms with Crippen molar-refractivity contribution in [3.05, 3.63) is 60.2 Å². The number of anilines is 1. The zero-order chi connectivity index (χ0) is 23.1.